The third-order valence-electron chi connectivity index (χ3n) is 3.50. The van der Waals surface area contributed by atoms with E-state index in [9.17, 15) is 9.59 Å². The molecule has 124 valence electrons. The first-order valence-corrected chi connectivity index (χ1v) is 7.83. The number of aromatic nitrogens is 4. The average molecular weight is 366 g/mol. The number of amides is 1. The lowest BCUT2D eigenvalue weighted by atomic mass is 10.3. The summed E-state index contributed by atoms with van der Waals surface area (Å²) in [5, 5.41) is 7.90. The van der Waals surface area contributed by atoms with Crippen LogP contribution in [0.5, 0.6) is 0 Å². The fourth-order valence-corrected chi connectivity index (χ4v) is 2.54. The van der Waals surface area contributed by atoms with Gasteiger partial charge in [-0.25, -0.2) is 4.98 Å². The summed E-state index contributed by atoms with van der Waals surface area (Å²) in [6, 6.07) is 4.82. The fourth-order valence-electron chi connectivity index (χ4n) is 2.25. The van der Waals surface area contributed by atoms with Crippen LogP contribution in [0.4, 0.5) is 5.69 Å². The van der Waals surface area contributed by atoms with Gasteiger partial charge in [0.05, 0.1) is 22.6 Å². The van der Waals surface area contributed by atoms with Gasteiger partial charge in [0.1, 0.15) is 5.39 Å². The van der Waals surface area contributed by atoms with Crippen molar-refractivity contribution in [2.75, 3.05) is 5.32 Å². The zero-order valence-corrected chi connectivity index (χ0v) is 14.2. The Hall–Kier alpha value is -2.38. The van der Waals surface area contributed by atoms with Crippen LogP contribution >= 0.6 is 23.2 Å². The normalized spacial score (nSPS) is 11.0. The summed E-state index contributed by atoms with van der Waals surface area (Å²) in [5.41, 5.74) is 0.828. The Balaban J connectivity index is 1.69. The fraction of sp³-hybridized carbons (Fsp3) is 0.200. The molecule has 9 heteroatoms. The van der Waals surface area contributed by atoms with E-state index in [1.165, 1.54) is 21.8 Å². The highest BCUT2D eigenvalue weighted by molar-refractivity contribution is 6.42. The molecule has 3 rings (SSSR count). The summed E-state index contributed by atoms with van der Waals surface area (Å²) in [5.74, 6) is -0.244. The minimum absolute atomic E-state index is 0.119. The van der Waals surface area contributed by atoms with Crippen molar-refractivity contribution in [2.24, 2.45) is 7.05 Å². The Morgan fingerprint density at radius 3 is 2.83 bits per heavy atom. The van der Waals surface area contributed by atoms with Crippen LogP contribution in [0.25, 0.3) is 11.0 Å². The van der Waals surface area contributed by atoms with E-state index in [1.54, 1.807) is 25.2 Å². The van der Waals surface area contributed by atoms with E-state index in [2.05, 4.69) is 15.4 Å². The molecule has 2 heterocycles. The standard InChI is InChI=1S/C15H13Cl2N5O2/c1-21-14-10(7-19-21)15(24)22(8-18-14)5-4-13(23)20-9-2-3-11(16)12(17)6-9/h2-3,6-8H,4-5H2,1H3,(H,20,23). The van der Waals surface area contributed by atoms with Gasteiger partial charge in [0, 0.05) is 25.7 Å². The lowest BCUT2D eigenvalue weighted by molar-refractivity contribution is -0.116. The van der Waals surface area contributed by atoms with Crippen molar-refractivity contribution in [3.8, 4) is 0 Å². The van der Waals surface area contributed by atoms with Gasteiger partial charge in [0.15, 0.2) is 5.65 Å². The van der Waals surface area contributed by atoms with E-state index in [0.717, 1.165) is 0 Å². The van der Waals surface area contributed by atoms with Crippen LogP contribution in [0.2, 0.25) is 10.0 Å². The Kier molecular flexibility index (Phi) is 4.55. The first-order chi connectivity index (χ1) is 11.5. The number of fused-ring (bicyclic) bond motifs is 1. The molecular weight excluding hydrogens is 353 g/mol. The lowest BCUT2D eigenvalue weighted by Crippen LogP contribution is -2.23. The Labute approximate surface area is 146 Å². The van der Waals surface area contributed by atoms with Gasteiger partial charge in [-0.1, -0.05) is 23.2 Å². The van der Waals surface area contributed by atoms with Crippen molar-refractivity contribution in [2.45, 2.75) is 13.0 Å². The van der Waals surface area contributed by atoms with Gasteiger partial charge in [0.25, 0.3) is 5.56 Å². The summed E-state index contributed by atoms with van der Waals surface area (Å²) in [6.45, 7) is 0.212. The Morgan fingerprint density at radius 2 is 2.08 bits per heavy atom. The first kappa shape index (κ1) is 16.5. The van der Waals surface area contributed by atoms with Crippen molar-refractivity contribution in [3.05, 3.63) is 51.1 Å². The third kappa shape index (κ3) is 3.27. The van der Waals surface area contributed by atoms with E-state index in [4.69, 9.17) is 23.2 Å². The molecule has 0 saturated heterocycles. The number of halogens is 2. The molecule has 7 nitrogen and oxygen atoms in total. The quantitative estimate of drug-likeness (QED) is 0.769. The highest BCUT2D eigenvalue weighted by Gasteiger charge is 2.10. The summed E-state index contributed by atoms with van der Waals surface area (Å²) in [7, 11) is 1.71. The SMILES string of the molecule is Cn1ncc2c(=O)n(CCC(=O)Nc3ccc(Cl)c(Cl)c3)cnc21. The average Bonchev–Trinajstić information content (AvgIpc) is 2.92. The minimum atomic E-state index is -0.244. The largest absolute Gasteiger partial charge is 0.326 e. The van der Waals surface area contributed by atoms with Crippen molar-refractivity contribution in [1.82, 2.24) is 19.3 Å². The van der Waals surface area contributed by atoms with Gasteiger partial charge in [-0.2, -0.15) is 5.10 Å². The van der Waals surface area contributed by atoms with E-state index < -0.39 is 0 Å². The molecule has 0 aliphatic heterocycles. The van der Waals surface area contributed by atoms with Gasteiger partial charge in [0.2, 0.25) is 5.91 Å². The summed E-state index contributed by atoms with van der Waals surface area (Å²) in [6.07, 6.45) is 3.00. The number of carbonyl (C=O) groups is 1. The number of hydrogen-bond acceptors (Lipinski definition) is 4. The molecule has 3 aromatic rings. The van der Waals surface area contributed by atoms with Crippen molar-refractivity contribution < 1.29 is 4.79 Å². The molecule has 24 heavy (non-hydrogen) atoms. The number of aryl methyl sites for hydroxylation is 2. The highest BCUT2D eigenvalue weighted by Crippen LogP contribution is 2.25. The Bertz CT molecular complexity index is 980. The molecular formula is C15H13Cl2N5O2. The smallest absolute Gasteiger partial charge is 0.264 e. The molecule has 2 aromatic heterocycles. The van der Waals surface area contributed by atoms with Gasteiger partial charge < -0.3 is 5.32 Å². The van der Waals surface area contributed by atoms with Gasteiger partial charge >= 0.3 is 0 Å². The van der Waals surface area contributed by atoms with Gasteiger partial charge in [-0.15, -0.1) is 0 Å². The predicted octanol–water partition coefficient (Wildman–Crippen LogP) is 2.47. The van der Waals surface area contributed by atoms with Gasteiger partial charge in [-0.05, 0) is 18.2 Å². The monoisotopic (exact) mass is 365 g/mol. The number of nitrogens with one attached hydrogen (secondary N) is 1. The number of anilines is 1. The molecule has 0 unspecified atom stereocenters. The molecule has 0 aliphatic rings. The predicted molar refractivity (Wildman–Crippen MR) is 92.5 cm³/mol. The second-order valence-corrected chi connectivity index (χ2v) is 5.99. The molecule has 0 fully saturated rings. The second-order valence-electron chi connectivity index (χ2n) is 5.18. The molecule has 0 bridgehead atoms. The summed E-state index contributed by atoms with van der Waals surface area (Å²) < 4.78 is 2.91. The topological polar surface area (TPSA) is 81.8 Å². The van der Waals surface area contributed by atoms with Crippen LogP contribution in [0.1, 0.15) is 6.42 Å². The maximum Gasteiger partial charge on any atom is 0.264 e. The van der Waals surface area contributed by atoms with Crippen molar-refractivity contribution in [1.29, 1.82) is 0 Å². The van der Waals surface area contributed by atoms with Crippen molar-refractivity contribution in [3.63, 3.8) is 0 Å². The zero-order valence-electron chi connectivity index (χ0n) is 12.7. The molecule has 0 aliphatic carbocycles. The van der Waals surface area contributed by atoms with E-state index in [1.807, 2.05) is 0 Å². The second kappa shape index (κ2) is 6.62. The number of nitrogens with zero attached hydrogens (tertiary/aromatic N) is 4. The number of hydrogen-bond donors (Lipinski definition) is 1. The molecule has 1 N–H and O–H groups in total. The van der Waals surface area contributed by atoms with E-state index in [-0.39, 0.29) is 24.4 Å². The summed E-state index contributed by atoms with van der Waals surface area (Å²) >= 11 is 11.7. The maximum absolute atomic E-state index is 12.3. The van der Waals surface area contributed by atoms with Crippen LogP contribution in [0.15, 0.2) is 35.5 Å². The molecule has 0 atom stereocenters. The molecule has 0 spiro atoms. The van der Waals surface area contributed by atoms with Gasteiger partial charge in [-0.3, -0.25) is 18.8 Å². The van der Waals surface area contributed by atoms with Crippen LogP contribution in [0, 0.1) is 0 Å². The van der Waals surface area contributed by atoms with Crippen LogP contribution < -0.4 is 10.9 Å². The van der Waals surface area contributed by atoms with Crippen LogP contribution in [0.3, 0.4) is 0 Å². The summed E-state index contributed by atoms with van der Waals surface area (Å²) in [4.78, 5) is 28.5. The zero-order chi connectivity index (χ0) is 17.3. The molecule has 0 saturated carbocycles. The van der Waals surface area contributed by atoms with Crippen LogP contribution in [-0.2, 0) is 18.4 Å². The highest BCUT2D eigenvalue weighted by atomic mass is 35.5. The number of carbonyl (C=O) groups excluding carboxylic acids is 1. The maximum atomic E-state index is 12.3. The Morgan fingerprint density at radius 1 is 1.29 bits per heavy atom. The molecule has 1 amide bonds. The lowest BCUT2D eigenvalue weighted by Gasteiger charge is -2.08. The minimum Gasteiger partial charge on any atom is -0.326 e. The van der Waals surface area contributed by atoms with Crippen molar-refractivity contribution >= 4 is 45.8 Å². The van der Waals surface area contributed by atoms with E-state index in [0.29, 0.717) is 26.8 Å². The van der Waals surface area contributed by atoms with Crippen LogP contribution in [-0.4, -0.2) is 25.2 Å². The third-order valence-corrected chi connectivity index (χ3v) is 4.24. The molecule has 0 radical (unpaired) electrons. The number of benzene rings is 1. The first-order valence-electron chi connectivity index (χ1n) is 7.08. The molecule has 1 aromatic carbocycles. The number of rotatable bonds is 4. The van der Waals surface area contributed by atoms with E-state index >= 15 is 0 Å².